The van der Waals surface area contributed by atoms with Crippen LogP contribution in [0.4, 0.5) is 0 Å². The zero-order valence-corrected chi connectivity index (χ0v) is 13.3. The van der Waals surface area contributed by atoms with Crippen molar-refractivity contribution in [1.29, 1.82) is 0 Å². The Morgan fingerprint density at radius 3 is 1.82 bits per heavy atom. The van der Waals surface area contributed by atoms with Crippen molar-refractivity contribution in [3.63, 3.8) is 0 Å². The van der Waals surface area contributed by atoms with Gasteiger partial charge < -0.3 is 5.11 Å². The molecule has 0 saturated carbocycles. The molecule has 1 aliphatic rings. The molecule has 0 aromatic carbocycles. The minimum Gasteiger partial charge on any atom is -0.481 e. The van der Waals surface area contributed by atoms with E-state index in [4.69, 9.17) is 5.11 Å². The van der Waals surface area contributed by atoms with Gasteiger partial charge in [-0.2, -0.15) is 11.1 Å². The minimum absolute atomic E-state index is 0. The topological polar surface area (TPSA) is 37.3 Å². The van der Waals surface area contributed by atoms with E-state index in [9.17, 15) is 4.79 Å². The fourth-order valence-electron chi connectivity index (χ4n) is 1.62. The van der Waals surface area contributed by atoms with Crippen molar-refractivity contribution in [2.24, 2.45) is 5.41 Å². The summed E-state index contributed by atoms with van der Waals surface area (Å²) in [6, 6.07) is 0. The molecule has 2 nitrogen and oxygen atoms in total. The first-order valence-electron chi connectivity index (χ1n) is 5.74. The van der Waals surface area contributed by atoms with Crippen molar-refractivity contribution in [2.75, 3.05) is 0 Å². The molecule has 0 aromatic rings. The van der Waals surface area contributed by atoms with Gasteiger partial charge in [0.1, 0.15) is 0 Å². The standard InChI is InChI=1S/C10H15.C4H8O2.Ti/c1-7-6-10(4,5)9(3)8(7)2;1-2-3-4(5)6;/h1-5H3;2-3H2,1H3,(H,5,6);/q-1;;. The Balaban J connectivity index is 0. The van der Waals surface area contributed by atoms with Crippen LogP contribution < -0.4 is 0 Å². The molecule has 0 atom stereocenters. The Bertz CT molecular complexity index is 325. The Morgan fingerprint density at radius 1 is 1.29 bits per heavy atom. The molecule has 0 saturated heterocycles. The molecule has 0 radical (unpaired) electrons. The van der Waals surface area contributed by atoms with Gasteiger partial charge in [0.2, 0.25) is 0 Å². The van der Waals surface area contributed by atoms with E-state index in [2.05, 4.69) is 40.7 Å². The van der Waals surface area contributed by atoms with Gasteiger partial charge in [-0.05, 0) is 6.42 Å². The molecule has 0 amide bonds. The third kappa shape index (κ3) is 6.23. The summed E-state index contributed by atoms with van der Waals surface area (Å²) < 4.78 is 0. The van der Waals surface area contributed by atoms with Crippen LogP contribution in [0.2, 0.25) is 0 Å². The number of hydrogen-bond acceptors (Lipinski definition) is 1. The van der Waals surface area contributed by atoms with Crippen molar-refractivity contribution in [3.05, 3.63) is 22.8 Å². The maximum atomic E-state index is 9.60. The van der Waals surface area contributed by atoms with E-state index in [1.165, 1.54) is 16.7 Å². The second kappa shape index (κ2) is 7.89. The zero-order chi connectivity index (χ0) is 12.9. The monoisotopic (exact) mass is 271 g/mol. The van der Waals surface area contributed by atoms with E-state index in [1.54, 1.807) is 0 Å². The first kappa shape index (κ1) is 19.0. The van der Waals surface area contributed by atoms with Crippen molar-refractivity contribution < 1.29 is 31.6 Å². The second-order valence-corrected chi connectivity index (χ2v) is 4.77. The van der Waals surface area contributed by atoms with E-state index >= 15 is 0 Å². The van der Waals surface area contributed by atoms with Crippen LogP contribution in [0.25, 0.3) is 0 Å². The van der Waals surface area contributed by atoms with Crippen LogP contribution in [-0.2, 0) is 26.5 Å². The summed E-state index contributed by atoms with van der Waals surface area (Å²) in [5, 5.41) is 7.91. The summed E-state index contributed by atoms with van der Waals surface area (Å²) in [6.07, 6.45) is 4.46. The Hall–Kier alpha value is -0.336. The minimum atomic E-state index is -0.711. The summed E-state index contributed by atoms with van der Waals surface area (Å²) >= 11 is 0. The Morgan fingerprint density at radius 2 is 1.76 bits per heavy atom. The molecular formula is C14H23O2Ti-. The molecule has 3 heteroatoms. The van der Waals surface area contributed by atoms with Crippen molar-refractivity contribution >= 4 is 5.97 Å². The largest absolute Gasteiger partial charge is 0.481 e. The van der Waals surface area contributed by atoms with Gasteiger partial charge in [-0.25, -0.2) is 5.57 Å². The van der Waals surface area contributed by atoms with Gasteiger partial charge in [0.05, 0.1) is 0 Å². The second-order valence-electron chi connectivity index (χ2n) is 4.77. The van der Waals surface area contributed by atoms with E-state index in [1.807, 2.05) is 6.92 Å². The molecule has 0 heterocycles. The van der Waals surface area contributed by atoms with Crippen LogP contribution in [0.15, 0.2) is 16.7 Å². The number of hydrogen-bond donors (Lipinski definition) is 1. The molecule has 1 N–H and O–H groups in total. The summed E-state index contributed by atoms with van der Waals surface area (Å²) in [7, 11) is 0. The van der Waals surface area contributed by atoms with E-state index < -0.39 is 5.97 Å². The summed E-state index contributed by atoms with van der Waals surface area (Å²) in [4.78, 5) is 9.60. The van der Waals surface area contributed by atoms with Crippen LogP contribution in [0, 0.1) is 11.5 Å². The van der Waals surface area contributed by atoms with Gasteiger partial charge in [-0.1, -0.05) is 40.0 Å². The maximum absolute atomic E-state index is 9.60. The molecule has 96 valence electrons. The zero-order valence-electron chi connectivity index (χ0n) is 11.8. The number of carbonyl (C=O) groups is 1. The predicted molar refractivity (Wildman–Crippen MR) is 67.1 cm³/mol. The summed E-state index contributed by atoms with van der Waals surface area (Å²) in [6.45, 7) is 12.8. The van der Waals surface area contributed by atoms with Gasteiger partial charge in [-0.3, -0.25) is 10.9 Å². The van der Waals surface area contributed by atoms with Crippen molar-refractivity contribution in [1.82, 2.24) is 0 Å². The molecule has 0 fully saturated rings. The van der Waals surface area contributed by atoms with Gasteiger partial charge >= 0.3 is 5.97 Å². The van der Waals surface area contributed by atoms with Gasteiger partial charge in [-0.15, -0.1) is 6.92 Å². The fraction of sp³-hybridized carbons (Fsp3) is 0.643. The van der Waals surface area contributed by atoms with Gasteiger partial charge in [0.25, 0.3) is 0 Å². The predicted octanol–water partition coefficient (Wildman–Crippen LogP) is 3.98. The summed E-state index contributed by atoms with van der Waals surface area (Å²) in [5.74, 6) is -0.711. The normalized spacial score (nSPS) is 16.7. The molecule has 0 unspecified atom stereocenters. The first-order valence-corrected chi connectivity index (χ1v) is 5.74. The summed E-state index contributed by atoms with van der Waals surface area (Å²) in [5.41, 5.74) is 4.39. The maximum Gasteiger partial charge on any atom is 0.303 e. The Labute approximate surface area is 120 Å². The molecule has 1 aliphatic carbocycles. The van der Waals surface area contributed by atoms with Crippen LogP contribution >= 0.6 is 0 Å². The SMILES string of the molecule is CC1=[C-]C(C)(C)C(C)=C1C.CCCC(=O)O.[Ti]. The van der Waals surface area contributed by atoms with Gasteiger partial charge in [0.15, 0.2) is 0 Å². The molecule has 17 heavy (non-hydrogen) atoms. The first-order chi connectivity index (χ1) is 7.22. The quantitative estimate of drug-likeness (QED) is 0.609. The number of carboxylic acid groups (broad SMARTS) is 1. The third-order valence-electron chi connectivity index (χ3n) is 3.03. The number of aliphatic carboxylic acids is 1. The number of rotatable bonds is 2. The van der Waals surface area contributed by atoms with E-state index in [0.29, 0.717) is 6.42 Å². The average Bonchev–Trinajstić information content (AvgIpc) is 2.30. The molecule has 0 spiro atoms. The average molecular weight is 271 g/mol. The molecule has 0 aromatic heterocycles. The van der Waals surface area contributed by atoms with Crippen LogP contribution in [0.5, 0.6) is 0 Å². The fourth-order valence-corrected chi connectivity index (χ4v) is 1.62. The molecule has 0 aliphatic heterocycles. The van der Waals surface area contributed by atoms with Crippen molar-refractivity contribution in [2.45, 2.75) is 54.4 Å². The molecular weight excluding hydrogens is 248 g/mol. The third-order valence-corrected chi connectivity index (χ3v) is 3.03. The number of carboxylic acids is 1. The van der Waals surface area contributed by atoms with E-state index in [0.717, 1.165) is 6.42 Å². The van der Waals surface area contributed by atoms with Crippen LogP contribution in [0.1, 0.15) is 54.4 Å². The van der Waals surface area contributed by atoms with Crippen LogP contribution in [-0.4, -0.2) is 11.1 Å². The molecule has 0 bridgehead atoms. The number of allylic oxidation sites excluding steroid dienone is 4. The van der Waals surface area contributed by atoms with Crippen LogP contribution in [0.3, 0.4) is 0 Å². The Kier molecular flexibility index (Phi) is 8.82. The van der Waals surface area contributed by atoms with Crippen molar-refractivity contribution in [3.8, 4) is 0 Å². The van der Waals surface area contributed by atoms with E-state index in [-0.39, 0.29) is 27.1 Å². The molecule has 1 rings (SSSR count). The van der Waals surface area contributed by atoms with Gasteiger partial charge in [0, 0.05) is 28.1 Å². The smallest absolute Gasteiger partial charge is 0.303 e.